The highest BCUT2D eigenvalue weighted by atomic mass is 32.1. The van der Waals surface area contributed by atoms with Crippen LogP contribution in [0.2, 0.25) is 0 Å². The fourth-order valence-electron chi connectivity index (χ4n) is 2.66. The lowest BCUT2D eigenvalue weighted by atomic mass is 10.1. The standard InChI is InChI=1S/C18H21N5O3S/c1-10-14(11(2)23(4)22-10)7-17(25)21-18-20-15(9-27-18)16-6-5-13(26-16)8-19-12(3)24/h5-6,9H,7-8H2,1-4H3,(H,19,24)(H,20,21,25). The molecule has 0 radical (unpaired) electrons. The molecule has 27 heavy (non-hydrogen) atoms. The van der Waals surface area contributed by atoms with E-state index in [0.29, 0.717) is 28.9 Å². The zero-order valence-corrected chi connectivity index (χ0v) is 16.4. The molecule has 2 N–H and O–H groups in total. The third kappa shape index (κ3) is 4.43. The van der Waals surface area contributed by atoms with Crippen LogP contribution in [0.15, 0.2) is 21.9 Å². The number of carbonyl (C=O) groups is 2. The molecular formula is C18H21N5O3S. The molecule has 142 valence electrons. The van der Waals surface area contributed by atoms with Gasteiger partial charge in [-0.3, -0.25) is 14.3 Å². The lowest BCUT2D eigenvalue weighted by Crippen LogP contribution is -2.18. The molecule has 3 rings (SSSR count). The van der Waals surface area contributed by atoms with Crippen molar-refractivity contribution in [2.24, 2.45) is 7.05 Å². The van der Waals surface area contributed by atoms with Crippen molar-refractivity contribution in [1.82, 2.24) is 20.1 Å². The topological polar surface area (TPSA) is 102 Å². The van der Waals surface area contributed by atoms with Crippen molar-refractivity contribution in [1.29, 1.82) is 0 Å². The van der Waals surface area contributed by atoms with Gasteiger partial charge in [0.1, 0.15) is 11.5 Å². The largest absolute Gasteiger partial charge is 0.458 e. The van der Waals surface area contributed by atoms with Crippen LogP contribution >= 0.6 is 11.3 Å². The molecule has 0 saturated carbocycles. The number of nitrogens with one attached hydrogen (secondary N) is 2. The van der Waals surface area contributed by atoms with Gasteiger partial charge in [-0.25, -0.2) is 4.98 Å². The Balaban J connectivity index is 1.64. The molecule has 0 unspecified atom stereocenters. The number of thiazole rings is 1. The van der Waals surface area contributed by atoms with E-state index in [1.165, 1.54) is 18.3 Å². The summed E-state index contributed by atoms with van der Waals surface area (Å²) in [5.41, 5.74) is 3.40. The van der Waals surface area contributed by atoms with Crippen molar-refractivity contribution < 1.29 is 14.0 Å². The Hall–Kier alpha value is -2.94. The smallest absolute Gasteiger partial charge is 0.230 e. The first kappa shape index (κ1) is 18.8. The highest BCUT2D eigenvalue weighted by Crippen LogP contribution is 2.27. The van der Waals surface area contributed by atoms with Gasteiger partial charge >= 0.3 is 0 Å². The number of furan rings is 1. The average Bonchev–Trinajstić information content (AvgIpc) is 3.30. The minimum Gasteiger partial charge on any atom is -0.458 e. The van der Waals surface area contributed by atoms with Gasteiger partial charge in [-0.15, -0.1) is 11.3 Å². The number of amides is 2. The van der Waals surface area contributed by atoms with E-state index in [9.17, 15) is 9.59 Å². The SMILES string of the molecule is CC(=O)NCc1ccc(-c2csc(NC(=O)Cc3c(C)nn(C)c3C)n2)o1. The van der Waals surface area contributed by atoms with Crippen molar-refractivity contribution in [3.8, 4) is 11.5 Å². The highest BCUT2D eigenvalue weighted by molar-refractivity contribution is 7.14. The van der Waals surface area contributed by atoms with Crippen molar-refractivity contribution in [2.75, 3.05) is 5.32 Å². The van der Waals surface area contributed by atoms with Crippen LogP contribution in [0.25, 0.3) is 11.5 Å². The Morgan fingerprint density at radius 2 is 2.07 bits per heavy atom. The Morgan fingerprint density at radius 1 is 1.30 bits per heavy atom. The summed E-state index contributed by atoms with van der Waals surface area (Å²) < 4.78 is 7.45. The number of aryl methyl sites for hydroxylation is 2. The maximum absolute atomic E-state index is 12.3. The highest BCUT2D eigenvalue weighted by Gasteiger charge is 2.15. The van der Waals surface area contributed by atoms with Gasteiger partial charge < -0.3 is 15.1 Å². The Kier molecular flexibility index (Phi) is 5.41. The number of aromatic nitrogens is 3. The molecule has 0 saturated heterocycles. The Labute approximate surface area is 160 Å². The van der Waals surface area contributed by atoms with Gasteiger partial charge in [0.2, 0.25) is 11.8 Å². The molecule has 0 fully saturated rings. The average molecular weight is 387 g/mol. The maximum atomic E-state index is 12.3. The monoisotopic (exact) mass is 387 g/mol. The van der Waals surface area contributed by atoms with Gasteiger partial charge in [0.25, 0.3) is 0 Å². The predicted octanol–water partition coefficient (Wildman–Crippen LogP) is 2.57. The quantitative estimate of drug-likeness (QED) is 0.677. The molecule has 3 aromatic rings. The first-order valence-electron chi connectivity index (χ1n) is 8.41. The molecule has 8 nitrogen and oxygen atoms in total. The second kappa shape index (κ2) is 7.75. The van der Waals surface area contributed by atoms with Crippen molar-refractivity contribution in [3.05, 3.63) is 40.2 Å². The zero-order chi connectivity index (χ0) is 19.6. The molecule has 3 aromatic heterocycles. The van der Waals surface area contributed by atoms with E-state index < -0.39 is 0 Å². The molecule has 0 aliphatic rings. The second-order valence-electron chi connectivity index (χ2n) is 6.21. The Morgan fingerprint density at radius 3 is 2.74 bits per heavy atom. The zero-order valence-electron chi connectivity index (χ0n) is 15.6. The van der Waals surface area contributed by atoms with Crippen LogP contribution in [-0.4, -0.2) is 26.6 Å². The number of hydrogen-bond donors (Lipinski definition) is 2. The Bertz CT molecular complexity index is 985. The van der Waals surface area contributed by atoms with Crippen LogP contribution < -0.4 is 10.6 Å². The summed E-state index contributed by atoms with van der Waals surface area (Å²) in [6, 6.07) is 3.58. The van der Waals surface area contributed by atoms with Crippen LogP contribution in [0.5, 0.6) is 0 Å². The van der Waals surface area contributed by atoms with Gasteiger partial charge in [0, 0.05) is 30.6 Å². The molecule has 0 aliphatic heterocycles. The van der Waals surface area contributed by atoms with E-state index in [4.69, 9.17) is 4.42 Å². The van der Waals surface area contributed by atoms with Crippen LogP contribution in [0.1, 0.15) is 29.6 Å². The predicted molar refractivity (Wildman–Crippen MR) is 102 cm³/mol. The van der Waals surface area contributed by atoms with Crippen LogP contribution in [0, 0.1) is 13.8 Å². The van der Waals surface area contributed by atoms with Gasteiger partial charge in [-0.05, 0) is 26.0 Å². The normalized spacial score (nSPS) is 10.8. The molecule has 0 spiro atoms. The molecular weight excluding hydrogens is 366 g/mol. The minimum atomic E-state index is -0.138. The van der Waals surface area contributed by atoms with Crippen molar-refractivity contribution in [2.45, 2.75) is 33.7 Å². The molecule has 3 heterocycles. The van der Waals surface area contributed by atoms with Gasteiger partial charge in [0.15, 0.2) is 10.9 Å². The van der Waals surface area contributed by atoms with E-state index in [1.807, 2.05) is 26.3 Å². The summed E-state index contributed by atoms with van der Waals surface area (Å²) >= 11 is 1.33. The summed E-state index contributed by atoms with van der Waals surface area (Å²) in [7, 11) is 1.86. The van der Waals surface area contributed by atoms with Crippen molar-refractivity contribution >= 4 is 28.3 Å². The van der Waals surface area contributed by atoms with Gasteiger partial charge in [0.05, 0.1) is 18.7 Å². The fourth-order valence-corrected chi connectivity index (χ4v) is 3.38. The minimum absolute atomic E-state index is 0.120. The summed E-state index contributed by atoms with van der Waals surface area (Å²) in [5.74, 6) is 0.971. The van der Waals surface area contributed by atoms with E-state index >= 15 is 0 Å². The summed E-state index contributed by atoms with van der Waals surface area (Å²) in [6.45, 7) is 5.62. The molecule has 0 aromatic carbocycles. The van der Waals surface area contributed by atoms with E-state index in [0.717, 1.165) is 17.0 Å². The lowest BCUT2D eigenvalue weighted by molar-refractivity contribution is -0.119. The number of carbonyl (C=O) groups excluding carboxylic acids is 2. The summed E-state index contributed by atoms with van der Waals surface area (Å²) in [6.07, 6.45) is 0.252. The van der Waals surface area contributed by atoms with Crippen LogP contribution in [0.4, 0.5) is 5.13 Å². The van der Waals surface area contributed by atoms with Crippen LogP contribution in [-0.2, 0) is 29.6 Å². The van der Waals surface area contributed by atoms with E-state index in [1.54, 1.807) is 16.8 Å². The maximum Gasteiger partial charge on any atom is 0.230 e. The van der Waals surface area contributed by atoms with Crippen LogP contribution in [0.3, 0.4) is 0 Å². The van der Waals surface area contributed by atoms with Crippen molar-refractivity contribution in [3.63, 3.8) is 0 Å². The first-order valence-corrected chi connectivity index (χ1v) is 9.29. The molecule has 9 heteroatoms. The van der Waals surface area contributed by atoms with Gasteiger partial charge in [-0.1, -0.05) is 0 Å². The van der Waals surface area contributed by atoms with E-state index in [2.05, 4.69) is 20.7 Å². The number of anilines is 1. The van der Waals surface area contributed by atoms with Gasteiger partial charge in [-0.2, -0.15) is 5.10 Å². The third-order valence-corrected chi connectivity index (χ3v) is 4.93. The molecule has 0 atom stereocenters. The third-order valence-electron chi connectivity index (χ3n) is 4.17. The molecule has 0 aliphatic carbocycles. The fraction of sp³-hybridized carbons (Fsp3) is 0.333. The number of nitrogens with zero attached hydrogens (tertiary/aromatic N) is 3. The van der Waals surface area contributed by atoms with E-state index in [-0.39, 0.29) is 18.2 Å². The molecule has 2 amide bonds. The molecule has 0 bridgehead atoms. The summed E-state index contributed by atoms with van der Waals surface area (Å²) in [4.78, 5) is 27.7. The summed E-state index contributed by atoms with van der Waals surface area (Å²) in [5, 5.41) is 12.2. The number of rotatable bonds is 6. The first-order chi connectivity index (χ1) is 12.8. The second-order valence-corrected chi connectivity index (χ2v) is 7.07. The lowest BCUT2D eigenvalue weighted by Gasteiger charge is -2.02. The number of hydrogen-bond acceptors (Lipinski definition) is 6.